The van der Waals surface area contributed by atoms with E-state index in [2.05, 4.69) is 5.10 Å². The highest BCUT2D eigenvalue weighted by Gasteiger charge is 2.21. The number of aryl methyl sites for hydroxylation is 2. The molecule has 0 saturated carbocycles. The normalized spacial score (nSPS) is 11.9. The van der Waals surface area contributed by atoms with Gasteiger partial charge in [-0.05, 0) is 19.4 Å². The molecule has 0 fully saturated rings. The smallest absolute Gasteiger partial charge is 0.323 e. The molecule has 0 aromatic carbocycles. The summed E-state index contributed by atoms with van der Waals surface area (Å²) in [6.45, 7) is 4.04. The summed E-state index contributed by atoms with van der Waals surface area (Å²) in [7, 11) is 1.81. The van der Waals surface area contributed by atoms with Crippen LogP contribution in [0.25, 0.3) is 0 Å². The number of nitrogens with zero attached hydrogens (tertiary/aromatic N) is 3. The van der Waals surface area contributed by atoms with Gasteiger partial charge < -0.3 is 4.74 Å². The number of aromatic nitrogens is 2. The Morgan fingerprint density at radius 1 is 1.65 bits per heavy atom. The molecule has 1 aromatic rings. The first-order valence-electron chi connectivity index (χ1n) is 5.70. The van der Waals surface area contributed by atoms with Gasteiger partial charge in [0, 0.05) is 19.2 Å². The number of ether oxygens (including phenoxy) is 1. The van der Waals surface area contributed by atoms with E-state index >= 15 is 0 Å². The Bertz CT molecular complexity index is 431. The van der Waals surface area contributed by atoms with Crippen LogP contribution in [-0.4, -0.2) is 22.4 Å². The third-order valence-corrected chi connectivity index (χ3v) is 2.53. The van der Waals surface area contributed by atoms with Crippen molar-refractivity contribution in [2.24, 2.45) is 13.0 Å². The number of carbonyl (C=O) groups is 1. The minimum Gasteiger partial charge on any atom is -0.465 e. The van der Waals surface area contributed by atoms with Crippen molar-refractivity contribution >= 4 is 5.97 Å². The largest absolute Gasteiger partial charge is 0.465 e. The standard InChI is InChI=1S/C12H17N3O2/c1-4-10-7-11(15(3)14-10)6-9(8-13)12(16)17-5-2/h7,9H,4-6H2,1-3H3. The van der Waals surface area contributed by atoms with Gasteiger partial charge in [0.25, 0.3) is 0 Å². The summed E-state index contributed by atoms with van der Waals surface area (Å²) in [4.78, 5) is 11.5. The van der Waals surface area contributed by atoms with E-state index in [1.165, 1.54) is 0 Å². The molecule has 17 heavy (non-hydrogen) atoms. The zero-order chi connectivity index (χ0) is 12.8. The number of rotatable bonds is 5. The molecule has 0 amide bonds. The lowest BCUT2D eigenvalue weighted by Crippen LogP contribution is -2.19. The van der Waals surface area contributed by atoms with Crippen molar-refractivity contribution in [2.75, 3.05) is 6.61 Å². The van der Waals surface area contributed by atoms with Crippen molar-refractivity contribution in [1.82, 2.24) is 9.78 Å². The third kappa shape index (κ3) is 3.31. The Kier molecular flexibility index (Phi) is 4.70. The monoisotopic (exact) mass is 235 g/mol. The lowest BCUT2D eigenvalue weighted by atomic mass is 10.0. The van der Waals surface area contributed by atoms with E-state index in [-0.39, 0.29) is 0 Å². The van der Waals surface area contributed by atoms with Crippen LogP contribution >= 0.6 is 0 Å². The quantitative estimate of drug-likeness (QED) is 0.720. The van der Waals surface area contributed by atoms with Gasteiger partial charge >= 0.3 is 5.97 Å². The SMILES string of the molecule is CCOC(=O)C(C#N)Cc1cc(CC)nn1C. The summed E-state index contributed by atoms with van der Waals surface area (Å²) in [5, 5.41) is 13.2. The lowest BCUT2D eigenvalue weighted by molar-refractivity contribution is -0.146. The Balaban J connectivity index is 2.77. The molecule has 1 atom stereocenters. The maximum absolute atomic E-state index is 11.5. The van der Waals surface area contributed by atoms with E-state index in [1.54, 1.807) is 11.6 Å². The molecule has 1 rings (SSSR count). The third-order valence-electron chi connectivity index (χ3n) is 2.53. The molecule has 0 aliphatic carbocycles. The first-order chi connectivity index (χ1) is 8.12. The van der Waals surface area contributed by atoms with Crippen LogP contribution in [-0.2, 0) is 29.4 Å². The van der Waals surface area contributed by atoms with Gasteiger partial charge in [-0.25, -0.2) is 0 Å². The van der Waals surface area contributed by atoms with E-state index in [9.17, 15) is 4.79 Å². The second-order valence-electron chi connectivity index (χ2n) is 3.74. The van der Waals surface area contributed by atoms with E-state index in [0.717, 1.165) is 17.8 Å². The molecule has 5 nitrogen and oxygen atoms in total. The van der Waals surface area contributed by atoms with E-state index in [1.807, 2.05) is 26.1 Å². The highest BCUT2D eigenvalue weighted by molar-refractivity contribution is 5.75. The predicted molar refractivity (Wildman–Crippen MR) is 62.0 cm³/mol. The minimum absolute atomic E-state index is 0.294. The van der Waals surface area contributed by atoms with Crippen LogP contribution < -0.4 is 0 Å². The number of esters is 1. The number of hydrogen-bond acceptors (Lipinski definition) is 4. The lowest BCUT2D eigenvalue weighted by Gasteiger charge is -2.07. The van der Waals surface area contributed by atoms with E-state index < -0.39 is 11.9 Å². The summed E-state index contributed by atoms with van der Waals surface area (Å²) in [6, 6.07) is 3.89. The van der Waals surface area contributed by atoms with Crippen LogP contribution in [0.5, 0.6) is 0 Å². The highest BCUT2D eigenvalue weighted by Crippen LogP contribution is 2.11. The van der Waals surface area contributed by atoms with Crippen LogP contribution in [0, 0.1) is 17.2 Å². The first-order valence-corrected chi connectivity index (χ1v) is 5.70. The van der Waals surface area contributed by atoms with Gasteiger partial charge in [0.15, 0.2) is 0 Å². The fraction of sp³-hybridized carbons (Fsp3) is 0.583. The van der Waals surface area contributed by atoms with Crippen LogP contribution in [0.3, 0.4) is 0 Å². The van der Waals surface area contributed by atoms with Gasteiger partial charge in [-0.15, -0.1) is 0 Å². The maximum atomic E-state index is 11.5. The Morgan fingerprint density at radius 3 is 2.82 bits per heavy atom. The fourth-order valence-corrected chi connectivity index (χ4v) is 1.57. The molecule has 1 aromatic heterocycles. The summed E-state index contributed by atoms with van der Waals surface area (Å²) in [5.74, 6) is -1.22. The van der Waals surface area contributed by atoms with Crippen LogP contribution in [0.2, 0.25) is 0 Å². The molecule has 0 aliphatic rings. The molecule has 0 spiro atoms. The van der Waals surface area contributed by atoms with Crippen molar-refractivity contribution in [2.45, 2.75) is 26.7 Å². The summed E-state index contributed by atoms with van der Waals surface area (Å²) >= 11 is 0. The zero-order valence-electron chi connectivity index (χ0n) is 10.4. The average Bonchev–Trinajstić information content (AvgIpc) is 2.67. The highest BCUT2D eigenvalue weighted by atomic mass is 16.5. The molecule has 0 N–H and O–H groups in total. The van der Waals surface area contributed by atoms with Crippen LogP contribution in [0.1, 0.15) is 25.2 Å². The minimum atomic E-state index is -0.755. The van der Waals surface area contributed by atoms with Crippen LogP contribution in [0.15, 0.2) is 6.07 Å². The van der Waals surface area contributed by atoms with E-state index in [4.69, 9.17) is 10.00 Å². The maximum Gasteiger partial charge on any atom is 0.323 e. The molecular weight excluding hydrogens is 218 g/mol. The first kappa shape index (κ1) is 13.2. The second-order valence-corrected chi connectivity index (χ2v) is 3.74. The molecule has 1 heterocycles. The van der Waals surface area contributed by atoms with Gasteiger partial charge in [-0.3, -0.25) is 9.48 Å². The Morgan fingerprint density at radius 2 is 2.35 bits per heavy atom. The number of carbonyl (C=O) groups excluding carboxylic acids is 1. The molecule has 5 heteroatoms. The van der Waals surface area contributed by atoms with Crippen LogP contribution in [0.4, 0.5) is 0 Å². The summed E-state index contributed by atoms with van der Waals surface area (Å²) < 4.78 is 6.56. The molecule has 0 saturated heterocycles. The van der Waals surface area contributed by atoms with Crippen molar-refractivity contribution in [1.29, 1.82) is 5.26 Å². The summed E-state index contributed by atoms with van der Waals surface area (Å²) in [5.41, 5.74) is 1.84. The van der Waals surface area contributed by atoms with E-state index in [0.29, 0.717) is 13.0 Å². The molecule has 0 bridgehead atoms. The van der Waals surface area contributed by atoms with Crippen molar-refractivity contribution < 1.29 is 9.53 Å². The van der Waals surface area contributed by atoms with Gasteiger partial charge in [0.2, 0.25) is 0 Å². The molecular formula is C12H17N3O2. The van der Waals surface area contributed by atoms with Gasteiger partial charge in [-0.2, -0.15) is 10.4 Å². The van der Waals surface area contributed by atoms with Crippen molar-refractivity contribution in [3.8, 4) is 6.07 Å². The molecule has 1 unspecified atom stereocenters. The fourth-order valence-electron chi connectivity index (χ4n) is 1.57. The Hall–Kier alpha value is -1.83. The van der Waals surface area contributed by atoms with Gasteiger partial charge in [0.1, 0.15) is 5.92 Å². The number of nitriles is 1. The molecule has 0 radical (unpaired) electrons. The zero-order valence-corrected chi connectivity index (χ0v) is 10.4. The van der Waals surface area contributed by atoms with Crippen molar-refractivity contribution in [3.05, 3.63) is 17.5 Å². The van der Waals surface area contributed by atoms with Gasteiger partial charge in [-0.1, -0.05) is 6.92 Å². The van der Waals surface area contributed by atoms with Crippen molar-refractivity contribution in [3.63, 3.8) is 0 Å². The van der Waals surface area contributed by atoms with Gasteiger partial charge in [0.05, 0.1) is 18.4 Å². The summed E-state index contributed by atoms with van der Waals surface area (Å²) in [6.07, 6.45) is 1.18. The molecule has 0 aliphatic heterocycles. The second kappa shape index (κ2) is 6.04. The number of hydrogen-bond donors (Lipinski definition) is 0. The Labute approximate surface area is 101 Å². The topological polar surface area (TPSA) is 67.9 Å². The molecule has 92 valence electrons. The predicted octanol–water partition coefficient (Wildman–Crippen LogP) is 1.23. The average molecular weight is 235 g/mol.